The van der Waals surface area contributed by atoms with E-state index in [9.17, 15) is 13.2 Å². The normalized spacial score (nSPS) is 18.0. The number of hydrogen-bond donors (Lipinski definition) is 0. The first kappa shape index (κ1) is 20.9. The van der Waals surface area contributed by atoms with Gasteiger partial charge in [-0.2, -0.15) is 0 Å². The van der Waals surface area contributed by atoms with Crippen LogP contribution in [0.4, 0.5) is 0 Å². The van der Waals surface area contributed by atoms with Crippen molar-refractivity contribution in [2.24, 2.45) is 0 Å². The Bertz CT molecular complexity index is 1190. The summed E-state index contributed by atoms with van der Waals surface area (Å²) in [5.41, 5.74) is 4.03. The average Bonchev–Trinajstić information content (AvgIpc) is 3.26. The van der Waals surface area contributed by atoms with E-state index in [2.05, 4.69) is 10.6 Å². The fourth-order valence-electron chi connectivity index (χ4n) is 3.99. The van der Waals surface area contributed by atoms with Crippen LogP contribution in [0.2, 0.25) is 0 Å². The van der Waals surface area contributed by atoms with Gasteiger partial charge < -0.3 is 4.90 Å². The van der Waals surface area contributed by atoms with Gasteiger partial charge in [0.05, 0.1) is 28.3 Å². The lowest BCUT2D eigenvalue weighted by atomic mass is 10.2. The summed E-state index contributed by atoms with van der Waals surface area (Å²) in [6, 6.07) is 15.9. The molecule has 1 unspecified atom stereocenters. The molecule has 158 valence electrons. The predicted molar refractivity (Wildman–Crippen MR) is 121 cm³/mol. The van der Waals surface area contributed by atoms with Crippen LogP contribution < -0.4 is 0 Å². The zero-order valence-electron chi connectivity index (χ0n) is 17.1. The molecule has 0 radical (unpaired) electrons. The van der Waals surface area contributed by atoms with E-state index in [4.69, 9.17) is 4.98 Å². The van der Waals surface area contributed by atoms with Crippen molar-refractivity contribution in [1.29, 1.82) is 0 Å². The lowest BCUT2D eigenvalue weighted by Crippen LogP contribution is -2.42. The van der Waals surface area contributed by atoms with Gasteiger partial charge in [0.15, 0.2) is 15.0 Å². The predicted octanol–water partition coefficient (Wildman–Crippen LogP) is 3.46. The highest BCUT2D eigenvalue weighted by Crippen LogP contribution is 2.29. The number of rotatable bonds is 6. The molecule has 1 aromatic heterocycles. The minimum Gasteiger partial charge on any atom is -0.338 e. The monoisotopic (exact) mass is 443 g/mol. The van der Waals surface area contributed by atoms with Gasteiger partial charge in [0.25, 0.3) is 0 Å². The molecular formula is C22H25N3O3S2. The van der Waals surface area contributed by atoms with Gasteiger partial charge in [-0.1, -0.05) is 36.0 Å². The van der Waals surface area contributed by atoms with Gasteiger partial charge in [-0.25, -0.2) is 13.4 Å². The Morgan fingerprint density at radius 1 is 1.23 bits per heavy atom. The number of carbonyl (C=O) groups excluding carboxylic acids is 1. The standard InChI is InChI=1S/C22H25N3O3S2/c1-3-24(18-11-12-30(27,28)15-18)21(26)14-29-22-23-19-9-4-5-10-20(19)25(22)17-8-6-7-16(2)13-17/h4-10,13,18H,3,11-12,14-15H2,1-2H3. The maximum absolute atomic E-state index is 12.9. The van der Waals surface area contributed by atoms with Crippen molar-refractivity contribution >= 4 is 38.5 Å². The first-order valence-corrected chi connectivity index (χ1v) is 12.9. The van der Waals surface area contributed by atoms with Crippen molar-refractivity contribution in [3.05, 3.63) is 54.1 Å². The lowest BCUT2D eigenvalue weighted by Gasteiger charge is -2.26. The number of imidazole rings is 1. The van der Waals surface area contributed by atoms with Crippen LogP contribution in [0.15, 0.2) is 53.7 Å². The molecule has 1 atom stereocenters. The number of carbonyl (C=O) groups is 1. The van der Waals surface area contributed by atoms with Crippen LogP contribution in [0.3, 0.4) is 0 Å². The number of thioether (sulfide) groups is 1. The molecule has 1 aliphatic heterocycles. The summed E-state index contributed by atoms with van der Waals surface area (Å²) < 4.78 is 25.8. The fraction of sp³-hybridized carbons (Fsp3) is 0.364. The molecule has 2 heterocycles. The Labute approximate surface area is 181 Å². The Hall–Kier alpha value is -2.32. The van der Waals surface area contributed by atoms with Gasteiger partial charge in [-0.05, 0) is 50.1 Å². The van der Waals surface area contributed by atoms with Crippen molar-refractivity contribution in [3.8, 4) is 5.69 Å². The van der Waals surface area contributed by atoms with Crippen molar-refractivity contribution < 1.29 is 13.2 Å². The molecule has 1 fully saturated rings. The van der Waals surface area contributed by atoms with E-state index in [1.165, 1.54) is 11.8 Å². The Kier molecular flexibility index (Phi) is 5.88. The summed E-state index contributed by atoms with van der Waals surface area (Å²) in [6.45, 7) is 4.46. The van der Waals surface area contributed by atoms with Gasteiger partial charge in [-0.3, -0.25) is 9.36 Å². The number of fused-ring (bicyclic) bond motifs is 1. The molecule has 1 aliphatic rings. The number of nitrogens with zero attached hydrogens (tertiary/aromatic N) is 3. The third-order valence-electron chi connectivity index (χ3n) is 5.42. The van der Waals surface area contributed by atoms with Crippen LogP contribution in [0.5, 0.6) is 0 Å². The topological polar surface area (TPSA) is 72.3 Å². The maximum atomic E-state index is 12.9. The Balaban J connectivity index is 1.59. The van der Waals surface area contributed by atoms with E-state index < -0.39 is 9.84 Å². The molecule has 0 bridgehead atoms. The van der Waals surface area contributed by atoms with Crippen LogP contribution in [0.25, 0.3) is 16.7 Å². The Morgan fingerprint density at radius 3 is 2.73 bits per heavy atom. The molecule has 0 spiro atoms. The second-order valence-electron chi connectivity index (χ2n) is 7.58. The van der Waals surface area contributed by atoms with Gasteiger partial charge in [-0.15, -0.1) is 0 Å². The maximum Gasteiger partial charge on any atom is 0.233 e. The van der Waals surface area contributed by atoms with Crippen LogP contribution in [0, 0.1) is 6.92 Å². The summed E-state index contributed by atoms with van der Waals surface area (Å²) in [5.74, 6) is 0.406. The number of sulfone groups is 1. The summed E-state index contributed by atoms with van der Waals surface area (Å²) in [6.07, 6.45) is 0.522. The van der Waals surface area contributed by atoms with Gasteiger partial charge >= 0.3 is 0 Å². The van der Waals surface area contributed by atoms with Crippen LogP contribution in [-0.4, -0.2) is 58.6 Å². The highest BCUT2D eigenvalue weighted by atomic mass is 32.2. The van der Waals surface area contributed by atoms with Crippen molar-refractivity contribution in [3.63, 3.8) is 0 Å². The SMILES string of the molecule is CCN(C(=O)CSc1nc2ccccc2n1-c1cccc(C)c1)C1CCS(=O)(=O)C1. The summed E-state index contributed by atoms with van der Waals surface area (Å²) in [4.78, 5) is 19.4. The first-order chi connectivity index (χ1) is 14.4. The van der Waals surface area contributed by atoms with Gasteiger partial charge in [0.1, 0.15) is 0 Å². The molecule has 30 heavy (non-hydrogen) atoms. The van der Waals surface area contributed by atoms with E-state index in [1.807, 2.05) is 56.3 Å². The van der Waals surface area contributed by atoms with Crippen molar-refractivity contribution in [2.45, 2.75) is 31.5 Å². The van der Waals surface area contributed by atoms with E-state index in [0.717, 1.165) is 27.4 Å². The Morgan fingerprint density at radius 2 is 2.03 bits per heavy atom. The van der Waals surface area contributed by atoms with Crippen molar-refractivity contribution in [2.75, 3.05) is 23.8 Å². The second-order valence-corrected chi connectivity index (χ2v) is 10.8. The van der Waals surface area contributed by atoms with Gasteiger partial charge in [0, 0.05) is 18.3 Å². The molecule has 0 aliphatic carbocycles. The molecule has 8 heteroatoms. The first-order valence-electron chi connectivity index (χ1n) is 10.0. The van der Waals surface area contributed by atoms with Crippen molar-refractivity contribution in [1.82, 2.24) is 14.5 Å². The summed E-state index contributed by atoms with van der Waals surface area (Å²) >= 11 is 1.40. The highest BCUT2D eigenvalue weighted by molar-refractivity contribution is 7.99. The van der Waals surface area contributed by atoms with E-state index >= 15 is 0 Å². The second kappa shape index (κ2) is 8.43. The minimum atomic E-state index is -3.03. The number of benzene rings is 2. The quantitative estimate of drug-likeness (QED) is 0.546. The molecule has 2 aromatic carbocycles. The average molecular weight is 444 g/mol. The number of para-hydroxylation sites is 2. The smallest absolute Gasteiger partial charge is 0.233 e. The third-order valence-corrected chi connectivity index (χ3v) is 8.10. The highest BCUT2D eigenvalue weighted by Gasteiger charge is 2.33. The summed E-state index contributed by atoms with van der Waals surface area (Å²) in [5, 5.41) is 0.755. The zero-order chi connectivity index (χ0) is 21.3. The minimum absolute atomic E-state index is 0.0487. The largest absolute Gasteiger partial charge is 0.338 e. The number of amides is 1. The molecule has 0 N–H and O–H groups in total. The fourth-order valence-corrected chi connectivity index (χ4v) is 6.63. The molecule has 3 aromatic rings. The zero-order valence-corrected chi connectivity index (χ0v) is 18.7. The number of hydrogen-bond acceptors (Lipinski definition) is 5. The number of aromatic nitrogens is 2. The van der Waals surface area contributed by atoms with Crippen LogP contribution in [0.1, 0.15) is 18.9 Å². The van der Waals surface area contributed by atoms with E-state index in [-0.39, 0.29) is 29.2 Å². The van der Waals surface area contributed by atoms with E-state index in [1.54, 1.807) is 4.90 Å². The molecule has 4 rings (SSSR count). The molecule has 0 saturated carbocycles. The van der Waals surface area contributed by atoms with E-state index in [0.29, 0.717) is 13.0 Å². The number of aryl methyl sites for hydroxylation is 1. The third kappa shape index (κ3) is 4.25. The molecular weight excluding hydrogens is 418 g/mol. The molecule has 1 saturated heterocycles. The summed E-state index contributed by atoms with van der Waals surface area (Å²) in [7, 11) is -3.03. The molecule has 6 nitrogen and oxygen atoms in total. The van der Waals surface area contributed by atoms with Gasteiger partial charge in [0.2, 0.25) is 5.91 Å². The van der Waals surface area contributed by atoms with Crippen LogP contribution >= 0.6 is 11.8 Å². The lowest BCUT2D eigenvalue weighted by molar-refractivity contribution is -0.129. The van der Waals surface area contributed by atoms with Crippen LogP contribution in [-0.2, 0) is 14.6 Å². The molecule has 1 amide bonds.